The van der Waals surface area contributed by atoms with Crippen molar-refractivity contribution in [3.63, 3.8) is 0 Å². The fourth-order valence-corrected chi connectivity index (χ4v) is 2.68. The minimum Gasteiger partial charge on any atom is -0.376 e. The zero-order chi connectivity index (χ0) is 18.0. The molecule has 0 bridgehead atoms. The van der Waals surface area contributed by atoms with Crippen molar-refractivity contribution in [3.05, 3.63) is 18.2 Å². The van der Waals surface area contributed by atoms with E-state index in [0.717, 1.165) is 10.4 Å². The van der Waals surface area contributed by atoms with Gasteiger partial charge in [0, 0.05) is 28.2 Å². The Morgan fingerprint density at radius 1 is 1.17 bits per heavy atom. The van der Waals surface area contributed by atoms with Crippen LogP contribution in [-0.2, 0) is 14.8 Å². The SMILES string of the molecule is CN(C)c1ccc(S(=O)(=O)N(C)C)cc1NC(=O)CC(F)(F)F. The summed E-state index contributed by atoms with van der Waals surface area (Å²) in [5.41, 5.74) is 0.380. The van der Waals surface area contributed by atoms with Crippen molar-refractivity contribution in [1.82, 2.24) is 4.31 Å². The summed E-state index contributed by atoms with van der Waals surface area (Å²) in [7, 11) is 2.13. The zero-order valence-corrected chi connectivity index (χ0v) is 13.9. The van der Waals surface area contributed by atoms with Gasteiger partial charge in [-0.3, -0.25) is 4.79 Å². The van der Waals surface area contributed by atoms with Gasteiger partial charge >= 0.3 is 6.18 Å². The van der Waals surface area contributed by atoms with Gasteiger partial charge in [-0.2, -0.15) is 13.2 Å². The number of alkyl halides is 3. The van der Waals surface area contributed by atoms with Crippen LogP contribution < -0.4 is 10.2 Å². The molecule has 10 heteroatoms. The van der Waals surface area contributed by atoms with Crippen LogP contribution in [0, 0.1) is 0 Å². The number of sulfonamides is 1. The first-order valence-corrected chi connectivity index (χ1v) is 7.89. The Morgan fingerprint density at radius 3 is 2.17 bits per heavy atom. The fourth-order valence-electron chi connectivity index (χ4n) is 1.75. The van der Waals surface area contributed by atoms with E-state index in [1.807, 2.05) is 0 Å². The molecule has 0 aromatic heterocycles. The van der Waals surface area contributed by atoms with Gasteiger partial charge in [-0.1, -0.05) is 0 Å². The fraction of sp³-hybridized carbons (Fsp3) is 0.462. The summed E-state index contributed by atoms with van der Waals surface area (Å²) in [6.07, 6.45) is -6.29. The van der Waals surface area contributed by atoms with Gasteiger partial charge in [0.05, 0.1) is 16.3 Å². The van der Waals surface area contributed by atoms with Crippen LogP contribution in [0.25, 0.3) is 0 Å². The minimum absolute atomic E-state index is 0.00725. The molecule has 1 aromatic carbocycles. The number of carbonyl (C=O) groups excluding carboxylic acids is 1. The molecule has 0 aliphatic carbocycles. The number of amides is 1. The van der Waals surface area contributed by atoms with E-state index in [1.54, 1.807) is 19.0 Å². The van der Waals surface area contributed by atoms with E-state index in [0.29, 0.717) is 5.69 Å². The van der Waals surface area contributed by atoms with Crippen molar-refractivity contribution >= 4 is 27.3 Å². The first kappa shape index (κ1) is 19.2. The molecule has 0 radical (unpaired) electrons. The van der Waals surface area contributed by atoms with E-state index in [9.17, 15) is 26.4 Å². The van der Waals surface area contributed by atoms with Crippen LogP contribution in [0.3, 0.4) is 0 Å². The molecule has 1 aromatic rings. The molecule has 0 heterocycles. The van der Waals surface area contributed by atoms with Gasteiger partial charge in [-0.05, 0) is 18.2 Å². The second-order valence-corrected chi connectivity index (χ2v) is 7.35. The Labute approximate surface area is 132 Å². The van der Waals surface area contributed by atoms with Crippen LogP contribution in [-0.4, -0.2) is 53.0 Å². The molecule has 0 atom stereocenters. The maximum Gasteiger partial charge on any atom is 0.397 e. The van der Waals surface area contributed by atoms with Crippen LogP contribution >= 0.6 is 0 Å². The number of anilines is 2. The molecule has 0 aliphatic heterocycles. The van der Waals surface area contributed by atoms with Crippen molar-refractivity contribution in [3.8, 4) is 0 Å². The van der Waals surface area contributed by atoms with E-state index in [1.165, 1.54) is 26.2 Å². The van der Waals surface area contributed by atoms with Gasteiger partial charge < -0.3 is 10.2 Å². The van der Waals surface area contributed by atoms with Crippen molar-refractivity contribution in [2.75, 3.05) is 38.4 Å². The normalized spacial score (nSPS) is 12.3. The van der Waals surface area contributed by atoms with Gasteiger partial charge in [0.25, 0.3) is 0 Å². The molecule has 6 nitrogen and oxygen atoms in total. The third-order valence-electron chi connectivity index (χ3n) is 2.86. The second kappa shape index (κ2) is 6.75. The number of benzene rings is 1. The molecule has 0 aliphatic rings. The Balaban J connectivity index is 3.25. The van der Waals surface area contributed by atoms with Crippen molar-refractivity contribution in [1.29, 1.82) is 0 Å². The van der Waals surface area contributed by atoms with Crippen molar-refractivity contribution in [2.45, 2.75) is 17.5 Å². The maximum atomic E-state index is 12.3. The standard InChI is InChI=1S/C13H18F3N3O3S/c1-18(2)11-6-5-9(23(21,22)19(3)4)7-10(11)17-12(20)8-13(14,15)16/h5-7H,8H2,1-4H3,(H,17,20). The molecule has 23 heavy (non-hydrogen) atoms. The molecule has 1 N–H and O–H groups in total. The molecule has 130 valence electrons. The lowest BCUT2D eigenvalue weighted by Crippen LogP contribution is -2.24. The highest BCUT2D eigenvalue weighted by atomic mass is 32.2. The van der Waals surface area contributed by atoms with Crippen LogP contribution in [0.1, 0.15) is 6.42 Å². The number of rotatable bonds is 5. The smallest absolute Gasteiger partial charge is 0.376 e. The molecular weight excluding hydrogens is 335 g/mol. The summed E-state index contributed by atoms with van der Waals surface area (Å²) in [5, 5.41) is 2.12. The van der Waals surface area contributed by atoms with Gasteiger partial charge in [0.15, 0.2) is 0 Å². The predicted molar refractivity (Wildman–Crippen MR) is 80.9 cm³/mol. The molecular formula is C13H18F3N3O3S. The lowest BCUT2D eigenvalue weighted by Gasteiger charge is -2.20. The van der Waals surface area contributed by atoms with Crippen LogP contribution in [0.2, 0.25) is 0 Å². The third kappa shape index (κ3) is 5.10. The molecule has 1 rings (SSSR count). The number of nitrogens with one attached hydrogen (secondary N) is 1. The van der Waals surface area contributed by atoms with E-state index in [4.69, 9.17) is 0 Å². The predicted octanol–water partition coefficient (Wildman–Crippen LogP) is 1.89. The quantitative estimate of drug-likeness (QED) is 0.878. The van der Waals surface area contributed by atoms with Crippen LogP contribution in [0.5, 0.6) is 0 Å². The highest BCUT2D eigenvalue weighted by molar-refractivity contribution is 7.89. The molecule has 0 fully saturated rings. The maximum absolute atomic E-state index is 12.3. The van der Waals surface area contributed by atoms with E-state index in [2.05, 4.69) is 5.32 Å². The number of nitrogens with zero attached hydrogens (tertiary/aromatic N) is 2. The Bertz CT molecular complexity index is 685. The third-order valence-corrected chi connectivity index (χ3v) is 4.67. The summed E-state index contributed by atoms with van der Waals surface area (Å²) >= 11 is 0. The van der Waals surface area contributed by atoms with Gasteiger partial charge in [-0.15, -0.1) is 0 Å². The molecule has 0 saturated heterocycles. The zero-order valence-electron chi connectivity index (χ0n) is 13.1. The Morgan fingerprint density at radius 2 is 1.74 bits per heavy atom. The molecule has 0 saturated carbocycles. The second-order valence-electron chi connectivity index (χ2n) is 5.20. The van der Waals surface area contributed by atoms with Crippen LogP contribution in [0.15, 0.2) is 23.1 Å². The monoisotopic (exact) mass is 353 g/mol. The highest BCUT2D eigenvalue weighted by Crippen LogP contribution is 2.29. The highest BCUT2D eigenvalue weighted by Gasteiger charge is 2.31. The summed E-state index contributed by atoms with van der Waals surface area (Å²) in [4.78, 5) is 12.9. The number of hydrogen-bond acceptors (Lipinski definition) is 4. The van der Waals surface area contributed by atoms with Crippen LogP contribution in [0.4, 0.5) is 24.5 Å². The summed E-state index contributed by atoms with van der Waals surface area (Å²) in [5.74, 6) is -1.26. The lowest BCUT2D eigenvalue weighted by atomic mass is 10.2. The van der Waals surface area contributed by atoms with Crippen molar-refractivity contribution in [2.24, 2.45) is 0 Å². The van der Waals surface area contributed by atoms with Gasteiger partial charge in [-0.25, -0.2) is 12.7 Å². The van der Waals surface area contributed by atoms with E-state index >= 15 is 0 Å². The topological polar surface area (TPSA) is 69.7 Å². The van der Waals surface area contributed by atoms with E-state index < -0.39 is 28.5 Å². The molecule has 1 amide bonds. The first-order chi connectivity index (χ1) is 10.3. The summed E-state index contributed by atoms with van der Waals surface area (Å²) in [6, 6.07) is 3.88. The number of hydrogen-bond donors (Lipinski definition) is 1. The van der Waals surface area contributed by atoms with Crippen molar-refractivity contribution < 1.29 is 26.4 Å². The molecule has 0 spiro atoms. The summed E-state index contributed by atoms with van der Waals surface area (Å²) in [6.45, 7) is 0. The minimum atomic E-state index is -4.64. The average molecular weight is 353 g/mol. The largest absolute Gasteiger partial charge is 0.397 e. The number of carbonyl (C=O) groups is 1. The Hall–Kier alpha value is -1.81. The average Bonchev–Trinajstić information content (AvgIpc) is 2.35. The molecule has 0 unspecified atom stereocenters. The lowest BCUT2D eigenvalue weighted by molar-refractivity contribution is -0.150. The van der Waals surface area contributed by atoms with Gasteiger partial charge in [0.2, 0.25) is 15.9 Å². The Kier molecular flexibility index (Phi) is 5.65. The van der Waals surface area contributed by atoms with E-state index in [-0.39, 0.29) is 10.6 Å². The van der Waals surface area contributed by atoms with Gasteiger partial charge in [0.1, 0.15) is 6.42 Å². The number of halogens is 3. The first-order valence-electron chi connectivity index (χ1n) is 6.45. The summed E-state index contributed by atoms with van der Waals surface area (Å²) < 4.78 is 62.0.